The van der Waals surface area contributed by atoms with Crippen molar-refractivity contribution in [1.29, 1.82) is 0 Å². The van der Waals surface area contributed by atoms with Gasteiger partial charge in [-0.25, -0.2) is 9.67 Å². The number of carbonyl (C=O) groups excluding carboxylic acids is 3. The van der Waals surface area contributed by atoms with Crippen LogP contribution in [0, 0.1) is 0 Å². The minimum atomic E-state index is -0.616. The van der Waals surface area contributed by atoms with E-state index in [0.29, 0.717) is 31.7 Å². The van der Waals surface area contributed by atoms with Gasteiger partial charge in [0.25, 0.3) is 5.91 Å². The molecule has 0 spiro atoms. The summed E-state index contributed by atoms with van der Waals surface area (Å²) in [5, 5.41) is 6.61. The second-order valence-corrected chi connectivity index (χ2v) is 10.5. The number of aromatic nitrogens is 3. The van der Waals surface area contributed by atoms with Gasteiger partial charge >= 0.3 is 0 Å². The van der Waals surface area contributed by atoms with Crippen molar-refractivity contribution in [1.82, 2.24) is 29.9 Å². The highest BCUT2D eigenvalue weighted by molar-refractivity contribution is 6.05. The maximum absolute atomic E-state index is 13.0. The number of nitrogens with one attached hydrogen (secondary N) is 1. The highest BCUT2D eigenvalue weighted by atomic mass is 16.5. The Kier molecular flexibility index (Phi) is 7.10. The number of hydrogen-bond acceptors (Lipinski definition) is 7. The number of carbonyl (C=O) groups is 3. The molecule has 3 aliphatic heterocycles. The van der Waals surface area contributed by atoms with Crippen LogP contribution in [0.1, 0.15) is 59.2 Å². The number of fused-ring (bicyclic) bond motifs is 1. The van der Waals surface area contributed by atoms with Crippen molar-refractivity contribution in [2.75, 3.05) is 13.2 Å². The van der Waals surface area contributed by atoms with Crippen LogP contribution in [0.2, 0.25) is 0 Å². The van der Waals surface area contributed by atoms with Crippen LogP contribution in [0.4, 0.5) is 0 Å². The Hall–Kier alpha value is -4.05. The second kappa shape index (κ2) is 11.0. The number of likely N-dealkylation sites (tertiary alicyclic amines) is 1. The second-order valence-electron chi connectivity index (χ2n) is 10.5. The van der Waals surface area contributed by atoms with E-state index in [2.05, 4.69) is 44.6 Å². The first kappa shape index (κ1) is 25.2. The molecule has 1 aromatic heterocycles. The molecule has 0 saturated carbocycles. The summed E-state index contributed by atoms with van der Waals surface area (Å²) in [6, 6.07) is 13.7. The smallest absolute Gasteiger partial charge is 0.255 e. The van der Waals surface area contributed by atoms with Gasteiger partial charge in [0.05, 0.1) is 6.54 Å². The van der Waals surface area contributed by atoms with Crippen LogP contribution in [0.5, 0.6) is 5.75 Å². The molecule has 202 valence electrons. The van der Waals surface area contributed by atoms with Crippen molar-refractivity contribution in [3.63, 3.8) is 0 Å². The molecule has 0 radical (unpaired) electrons. The summed E-state index contributed by atoms with van der Waals surface area (Å²) in [5.74, 6) is -0.131. The molecule has 3 aromatic rings. The van der Waals surface area contributed by atoms with Gasteiger partial charge < -0.3 is 9.64 Å². The molecular formula is C29H32N6O4. The van der Waals surface area contributed by atoms with E-state index in [4.69, 9.17) is 4.74 Å². The SMILES string of the molecule is O=C1CCC(N2Cc3cc(OCC4CCCCN4Cc4ccccc4Cn4cncn4)ccc3C2=O)C(=O)N1. The topological polar surface area (TPSA) is 110 Å². The van der Waals surface area contributed by atoms with Crippen molar-refractivity contribution in [2.45, 2.75) is 63.8 Å². The largest absolute Gasteiger partial charge is 0.492 e. The third kappa shape index (κ3) is 5.42. The summed E-state index contributed by atoms with van der Waals surface area (Å²) in [6.07, 6.45) is 7.30. The molecule has 10 nitrogen and oxygen atoms in total. The number of hydrogen-bond donors (Lipinski definition) is 1. The van der Waals surface area contributed by atoms with Gasteiger partial charge in [0.15, 0.2) is 0 Å². The average molecular weight is 529 g/mol. The Labute approximate surface area is 226 Å². The van der Waals surface area contributed by atoms with E-state index in [1.165, 1.54) is 24.0 Å². The molecule has 6 rings (SSSR count). The third-order valence-corrected chi connectivity index (χ3v) is 7.98. The normalized spacial score (nSPS) is 21.6. The monoisotopic (exact) mass is 528 g/mol. The fourth-order valence-corrected chi connectivity index (χ4v) is 5.86. The number of nitrogens with zero attached hydrogens (tertiary/aromatic N) is 5. The molecule has 2 saturated heterocycles. The number of benzene rings is 2. The van der Waals surface area contributed by atoms with Crippen molar-refractivity contribution in [3.05, 3.63) is 77.4 Å². The number of amides is 3. The Morgan fingerprint density at radius 1 is 1.00 bits per heavy atom. The zero-order chi connectivity index (χ0) is 26.8. The Morgan fingerprint density at radius 3 is 2.64 bits per heavy atom. The maximum atomic E-state index is 13.0. The summed E-state index contributed by atoms with van der Waals surface area (Å²) < 4.78 is 8.13. The molecule has 10 heteroatoms. The highest BCUT2D eigenvalue weighted by Gasteiger charge is 2.39. The number of rotatable bonds is 8. The van der Waals surface area contributed by atoms with Crippen LogP contribution in [-0.2, 0) is 29.2 Å². The first-order chi connectivity index (χ1) is 19.0. The third-order valence-electron chi connectivity index (χ3n) is 7.98. The van der Waals surface area contributed by atoms with Gasteiger partial charge in [-0.05, 0) is 60.7 Å². The molecular weight excluding hydrogens is 496 g/mol. The van der Waals surface area contributed by atoms with Crippen LogP contribution in [-0.4, -0.2) is 67.5 Å². The van der Waals surface area contributed by atoms with E-state index in [-0.39, 0.29) is 24.3 Å². The zero-order valence-corrected chi connectivity index (χ0v) is 21.8. The van der Waals surface area contributed by atoms with E-state index in [9.17, 15) is 14.4 Å². The van der Waals surface area contributed by atoms with Gasteiger partial charge in [0.2, 0.25) is 11.8 Å². The summed E-state index contributed by atoms with van der Waals surface area (Å²) in [7, 11) is 0. The highest BCUT2D eigenvalue weighted by Crippen LogP contribution is 2.31. The van der Waals surface area contributed by atoms with Gasteiger partial charge in [-0.2, -0.15) is 5.10 Å². The Bertz CT molecular complexity index is 1370. The van der Waals surface area contributed by atoms with Crippen LogP contribution < -0.4 is 10.1 Å². The van der Waals surface area contributed by atoms with Gasteiger partial charge in [0, 0.05) is 31.1 Å². The van der Waals surface area contributed by atoms with E-state index in [0.717, 1.165) is 30.8 Å². The molecule has 2 fully saturated rings. The fourth-order valence-electron chi connectivity index (χ4n) is 5.86. The summed E-state index contributed by atoms with van der Waals surface area (Å²) in [4.78, 5) is 45.0. The van der Waals surface area contributed by atoms with E-state index in [1.54, 1.807) is 23.6 Å². The number of ether oxygens (including phenoxy) is 1. The quantitative estimate of drug-likeness (QED) is 0.448. The van der Waals surface area contributed by atoms with E-state index >= 15 is 0 Å². The van der Waals surface area contributed by atoms with Crippen molar-refractivity contribution in [2.24, 2.45) is 0 Å². The van der Waals surface area contributed by atoms with E-state index < -0.39 is 11.9 Å². The molecule has 0 aliphatic carbocycles. The minimum absolute atomic E-state index is 0.172. The number of imide groups is 1. The summed E-state index contributed by atoms with van der Waals surface area (Å²) in [5.41, 5.74) is 3.96. The summed E-state index contributed by atoms with van der Waals surface area (Å²) in [6.45, 7) is 3.46. The first-order valence-corrected chi connectivity index (χ1v) is 13.6. The maximum Gasteiger partial charge on any atom is 0.255 e. The van der Waals surface area contributed by atoms with Crippen molar-refractivity contribution in [3.8, 4) is 5.75 Å². The van der Waals surface area contributed by atoms with Gasteiger partial charge in [-0.3, -0.25) is 24.6 Å². The van der Waals surface area contributed by atoms with E-state index in [1.807, 2.05) is 16.8 Å². The summed E-state index contributed by atoms with van der Waals surface area (Å²) >= 11 is 0. The number of piperidine rings is 2. The van der Waals surface area contributed by atoms with Gasteiger partial charge in [-0.15, -0.1) is 0 Å². The lowest BCUT2D eigenvalue weighted by Gasteiger charge is -2.36. The van der Waals surface area contributed by atoms with Crippen molar-refractivity contribution >= 4 is 17.7 Å². The molecule has 2 aromatic carbocycles. The van der Waals surface area contributed by atoms with Crippen LogP contribution in [0.3, 0.4) is 0 Å². The standard InChI is InChI=1S/C29H32N6O4/c36-27-11-10-26(28(37)32-27)35-16-22-13-24(8-9-25(22)29(35)38)39-17-23-7-3-4-12-33(23)14-20-5-1-2-6-21(20)15-34-19-30-18-31-34/h1-2,5-6,8-9,13,18-19,23,26H,3-4,7,10-12,14-17H2,(H,32,36,37). The lowest BCUT2D eigenvalue weighted by Crippen LogP contribution is -2.52. The fraction of sp³-hybridized carbons (Fsp3) is 0.414. The molecule has 0 bridgehead atoms. The Balaban J connectivity index is 1.10. The van der Waals surface area contributed by atoms with Gasteiger partial charge in [-0.1, -0.05) is 30.7 Å². The molecule has 39 heavy (non-hydrogen) atoms. The predicted molar refractivity (Wildman–Crippen MR) is 142 cm³/mol. The lowest BCUT2D eigenvalue weighted by atomic mass is 10.00. The zero-order valence-electron chi connectivity index (χ0n) is 21.8. The molecule has 3 aliphatic rings. The molecule has 2 unspecified atom stereocenters. The van der Waals surface area contributed by atoms with Crippen LogP contribution >= 0.6 is 0 Å². The van der Waals surface area contributed by atoms with Gasteiger partial charge in [0.1, 0.15) is 31.1 Å². The minimum Gasteiger partial charge on any atom is -0.492 e. The molecule has 3 amide bonds. The molecule has 2 atom stereocenters. The molecule has 1 N–H and O–H groups in total. The predicted octanol–water partition coefficient (Wildman–Crippen LogP) is 2.52. The Morgan fingerprint density at radius 2 is 1.85 bits per heavy atom. The van der Waals surface area contributed by atoms with Crippen molar-refractivity contribution < 1.29 is 19.1 Å². The van der Waals surface area contributed by atoms with Crippen LogP contribution in [0.15, 0.2) is 55.1 Å². The first-order valence-electron chi connectivity index (χ1n) is 13.6. The molecule has 4 heterocycles. The lowest BCUT2D eigenvalue weighted by molar-refractivity contribution is -0.136. The average Bonchev–Trinajstić information content (AvgIpc) is 3.57. The van der Waals surface area contributed by atoms with Crippen LogP contribution in [0.25, 0.3) is 0 Å².